The molecule has 4 bridgehead atoms. The van der Waals surface area contributed by atoms with Gasteiger partial charge in [-0.15, -0.1) is 0 Å². The lowest BCUT2D eigenvalue weighted by atomic mass is 9.54. The quantitative estimate of drug-likeness (QED) is 0.234. The summed E-state index contributed by atoms with van der Waals surface area (Å²) in [4.78, 5) is 28.9. The third-order valence-corrected chi connectivity index (χ3v) is 10.2. The van der Waals surface area contributed by atoms with E-state index in [1.54, 1.807) is 30.3 Å². The third-order valence-electron chi connectivity index (χ3n) is 8.84. The minimum Gasteiger partial charge on any atom is -0.506 e. The van der Waals surface area contributed by atoms with Crippen molar-refractivity contribution < 1.29 is 28.2 Å². The van der Waals surface area contributed by atoms with Gasteiger partial charge in [-0.05, 0) is 80.0 Å². The van der Waals surface area contributed by atoms with Gasteiger partial charge in [0.15, 0.2) is 11.3 Å². The number of thiocarbonyl (C=S) groups is 1. The Morgan fingerprint density at radius 2 is 1.72 bits per heavy atom. The molecule has 5 fully saturated rings. The van der Waals surface area contributed by atoms with Gasteiger partial charge in [0.1, 0.15) is 27.2 Å². The van der Waals surface area contributed by atoms with Gasteiger partial charge in [0.25, 0.3) is 5.91 Å². The van der Waals surface area contributed by atoms with E-state index in [4.69, 9.17) is 30.5 Å². The first-order valence-corrected chi connectivity index (χ1v) is 14.4. The van der Waals surface area contributed by atoms with E-state index in [1.807, 2.05) is 4.90 Å². The number of benzene rings is 1. The highest BCUT2D eigenvalue weighted by molar-refractivity contribution is 8.26. The Morgan fingerprint density at radius 3 is 2.38 bits per heavy atom. The molecule has 1 N–H and O–H groups in total. The monoisotopic (exact) mass is 565 g/mol. The first kappa shape index (κ1) is 24.8. The lowest BCUT2D eigenvalue weighted by Gasteiger charge is -2.56. The number of furan rings is 1. The number of aromatic hydroxyl groups is 1. The summed E-state index contributed by atoms with van der Waals surface area (Å²) in [5.74, 6) is 3.40. The number of amides is 1. The second-order valence-electron chi connectivity index (χ2n) is 11.0. The van der Waals surface area contributed by atoms with Crippen molar-refractivity contribution in [1.82, 2.24) is 4.90 Å². The van der Waals surface area contributed by atoms with E-state index in [0.29, 0.717) is 32.6 Å². The molecule has 8 nitrogen and oxygen atoms in total. The first-order valence-electron chi connectivity index (χ1n) is 13.1. The number of carbonyl (C=O) groups is 1. The maximum atomic E-state index is 13.6. The summed E-state index contributed by atoms with van der Waals surface area (Å²) in [5.41, 5.74) is -0.834. The van der Waals surface area contributed by atoms with Crippen molar-refractivity contribution in [3.8, 4) is 28.6 Å². The minimum atomic E-state index is -0.791. The maximum absolute atomic E-state index is 13.6. The molecule has 0 unspecified atom stereocenters. The van der Waals surface area contributed by atoms with Crippen LogP contribution in [0.3, 0.4) is 0 Å². The fourth-order valence-corrected chi connectivity index (χ4v) is 8.85. The molecule has 3 aromatic rings. The molecule has 1 saturated heterocycles. The number of thioether (sulfide) groups is 1. The zero-order valence-corrected chi connectivity index (χ0v) is 23.1. The van der Waals surface area contributed by atoms with Gasteiger partial charge in [-0.25, -0.2) is 4.79 Å². The molecule has 3 heterocycles. The summed E-state index contributed by atoms with van der Waals surface area (Å²) in [6.07, 6.45) is 7.81. The van der Waals surface area contributed by atoms with E-state index in [2.05, 4.69) is 0 Å². The minimum absolute atomic E-state index is 0.0725. The topological polar surface area (TPSA) is 102 Å². The summed E-state index contributed by atoms with van der Waals surface area (Å²) in [7, 11) is 2.89. The van der Waals surface area contributed by atoms with Crippen LogP contribution in [0, 0.1) is 23.7 Å². The molecule has 202 valence electrons. The number of hydrogen-bond donors (Lipinski definition) is 1. The zero-order valence-electron chi connectivity index (χ0n) is 21.5. The van der Waals surface area contributed by atoms with E-state index in [9.17, 15) is 14.7 Å². The highest BCUT2D eigenvalue weighted by Gasteiger charge is 2.53. The zero-order chi connectivity index (χ0) is 27.0. The average molecular weight is 566 g/mol. The van der Waals surface area contributed by atoms with Crippen molar-refractivity contribution in [2.45, 2.75) is 38.1 Å². The molecule has 39 heavy (non-hydrogen) atoms. The van der Waals surface area contributed by atoms with Gasteiger partial charge in [0, 0.05) is 12.1 Å². The molecule has 5 aliphatic rings. The summed E-state index contributed by atoms with van der Waals surface area (Å²) in [5, 5.41) is 11.3. The SMILES string of the molecule is COc1ccc2c(O)c(-c3ccc(C=C4SC(=S)N(C5C6CC7CC(C6)CC5C7)C4=O)o3)c(=O)oc2c1OC. The number of nitrogens with zero attached hydrogens (tertiary/aromatic N) is 1. The molecular weight excluding hydrogens is 538 g/mol. The predicted molar refractivity (Wildman–Crippen MR) is 151 cm³/mol. The van der Waals surface area contributed by atoms with Crippen LogP contribution >= 0.6 is 24.0 Å². The molecule has 4 saturated carbocycles. The molecule has 0 radical (unpaired) electrons. The van der Waals surface area contributed by atoms with Crippen LogP contribution in [0.2, 0.25) is 0 Å². The van der Waals surface area contributed by atoms with Crippen LogP contribution in [0.5, 0.6) is 17.2 Å². The largest absolute Gasteiger partial charge is 0.506 e. The number of carbonyl (C=O) groups excluding carboxylic acids is 1. The van der Waals surface area contributed by atoms with Crippen molar-refractivity contribution in [3.63, 3.8) is 0 Å². The number of methoxy groups -OCH3 is 2. The van der Waals surface area contributed by atoms with Crippen LogP contribution in [0.25, 0.3) is 28.4 Å². The molecule has 0 spiro atoms. The lowest BCUT2D eigenvalue weighted by Crippen LogP contribution is -2.57. The van der Waals surface area contributed by atoms with Crippen LogP contribution in [-0.2, 0) is 4.79 Å². The summed E-state index contributed by atoms with van der Waals surface area (Å²) >= 11 is 7.00. The standard InChI is InChI=1S/C29H27NO7S2/c1-34-20-6-4-18-24(31)22(28(33)37-25(18)26(20)35-2)19-5-3-17(36-19)12-21-27(32)30(29(38)39-21)23-15-8-13-7-14(10-15)11-16(23)9-13/h3-6,12-16,23,31H,7-11H2,1-2H3. The van der Waals surface area contributed by atoms with Crippen LogP contribution in [0.15, 0.2) is 42.8 Å². The molecule has 8 rings (SSSR count). The number of ether oxygens (including phenoxy) is 2. The molecular formula is C29H27NO7S2. The van der Waals surface area contributed by atoms with Gasteiger partial charge in [0.05, 0.1) is 24.5 Å². The molecule has 4 aliphatic carbocycles. The van der Waals surface area contributed by atoms with E-state index < -0.39 is 5.63 Å². The smallest absolute Gasteiger partial charge is 0.351 e. The Kier molecular flexibility index (Phi) is 5.82. The van der Waals surface area contributed by atoms with Crippen LogP contribution < -0.4 is 15.1 Å². The summed E-state index contributed by atoms with van der Waals surface area (Å²) < 4.78 is 22.6. The molecule has 2 aromatic heterocycles. The normalized spacial score (nSPS) is 28.7. The summed E-state index contributed by atoms with van der Waals surface area (Å²) in [6, 6.07) is 6.62. The van der Waals surface area contributed by atoms with Gasteiger partial charge in [0.2, 0.25) is 5.75 Å². The number of rotatable bonds is 5. The van der Waals surface area contributed by atoms with Crippen molar-refractivity contribution in [3.05, 3.63) is 45.4 Å². The molecule has 1 aromatic carbocycles. The van der Waals surface area contributed by atoms with E-state index in [-0.39, 0.29) is 45.7 Å². The average Bonchev–Trinajstić information content (AvgIpc) is 3.47. The van der Waals surface area contributed by atoms with E-state index in [0.717, 1.165) is 11.8 Å². The molecule has 1 aliphatic heterocycles. The lowest BCUT2D eigenvalue weighted by molar-refractivity contribution is -0.130. The highest BCUT2D eigenvalue weighted by atomic mass is 32.2. The Balaban J connectivity index is 1.19. The van der Waals surface area contributed by atoms with Gasteiger partial charge in [-0.2, -0.15) is 0 Å². The Morgan fingerprint density at radius 1 is 1.00 bits per heavy atom. The van der Waals surface area contributed by atoms with E-state index in [1.165, 1.54) is 58.1 Å². The number of hydrogen-bond acceptors (Lipinski definition) is 9. The third kappa shape index (κ3) is 3.82. The second kappa shape index (κ2) is 9.16. The fraction of sp³-hybridized carbons (Fsp3) is 0.414. The Bertz CT molecular complexity index is 1590. The van der Waals surface area contributed by atoms with Crippen LogP contribution in [0.1, 0.15) is 37.9 Å². The Labute approximate surface area is 233 Å². The fourth-order valence-electron chi connectivity index (χ4n) is 7.53. The van der Waals surface area contributed by atoms with Gasteiger partial charge >= 0.3 is 5.63 Å². The second-order valence-corrected chi connectivity index (χ2v) is 12.6. The van der Waals surface area contributed by atoms with Crippen LogP contribution in [-0.4, -0.2) is 40.5 Å². The van der Waals surface area contributed by atoms with Crippen LogP contribution in [0.4, 0.5) is 0 Å². The van der Waals surface area contributed by atoms with E-state index >= 15 is 0 Å². The van der Waals surface area contributed by atoms with Gasteiger partial charge in [-0.3, -0.25) is 9.69 Å². The van der Waals surface area contributed by atoms with Crippen molar-refractivity contribution in [2.75, 3.05) is 14.2 Å². The predicted octanol–water partition coefficient (Wildman–Crippen LogP) is 5.80. The Hall–Kier alpha value is -3.24. The first-order chi connectivity index (χ1) is 18.9. The van der Waals surface area contributed by atoms with Crippen molar-refractivity contribution >= 4 is 51.3 Å². The summed E-state index contributed by atoms with van der Waals surface area (Å²) in [6.45, 7) is 0. The molecule has 0 atom stereocenters. The van der Waals surface area contributed by atoms with Crippen molar-refractivity contribution in [1.29, 1.82) is 0 Å². The molecule has 1 amide bonds. The molecule has 10 heteroatoms. The van der Waals surface area contributed by atoms with Gasteiger partial charge < -0.3 is 23.4 Å². The maximum Gasteiger partial charge on any atom is 0.351 e. The van der Waals surface area contributed by atoms with Gasteiger partial charge in [-0.1, -0.05) is 24.0 Å². The number of fused-ring (bicyclic) bond motifs is 1. The van der Waals surface area contributed by atoms with Crippen molar-refractivity contribution in [2.24, 2.45) is 23.7 Å². The highest BCUT2D eigenvalue weighted by Crippen LogP contribution is 2.56.